The van der Waals surface area contributed by atoms with E-state index in [0.29, 0.717) is 6.61 Å². The van der Waals surface area contributed by atoms with Gasteiger partial charge in [0.25, 0.3) is 0 Å². The van der Waals surface area contributed by atoms with Crippen molar-refractivity contribution >= 4 is 11.3 Å². The van der Waals surface area contributed by atoms with Gasteiger partial charge in [-0.05, 0) is 32.7 Å². The minimum absolute atomic E-state index is 0.331. The molecule has 0 aliphatic carbocycles. The van der Waals surface area contributed by atoms with Crippen LogP contribution in [-0.2, 0) is 6.42 Å². The van der Waals surface area contributed by atoms with E-state index in [2.05, 4.69) is 17.2 Å². The molecule has 0 aliphatic rings. The van der Waals surface area contributed by atoms with Gasteiger partial charge in [0.1, 0.15) is 0 Å². The van der Waals surface area contributed by atoms with E-state index >= 15 is 0 Å². The number of aliphatic hydroxyl groups excluding tert-OH is 1. The molecule has 4 heteroatoms. The number of hydrogen-bond donors (Lipinski definition) is 2. The maximum absolute atomic E-state index is 8.62. The minimum Gasteiger partial charge on any atom is -0.396 e. The summed E-state index contributed by atoms with van der Waals surface area (Å²) in [6, 6.07) is 0. The zero-order chi connectivity index (χ0) is 11.6. The van der Waals surface area contributed by atoms with Crippen LogP contribution in [0.1, 0.15) is 36.3 Å². The molecule has 3 nitrogen and oxygen atoms in total. The van der Waals surface area contributed by atoms with Crippen molar-refractivity contribution in [2.75, 3.05) is 19.7 Å². The molecule has 0 spiro atoms. The average Bonchev–Trinajstić information content (AvgIpc) is 2.68. The first-order chi connectivity index (χ1) is 7.84. The second kappa shape index (κ2) is 8.67. The molecule has 92 valence electrons. The van der Waals surface area contributed by atoms with Gasteiger partial charge in [-0.2, -0.15) is 0 Å². The van der Waals surface area contributed by atoms with E-state index in [0.717, 1.165) is 32.4 Å². The Morgan fingerprint density at radius 2 is 2.06 bits per heavy atom. The average molecular weight is 242 g/mol. The maximum atomic E-state index is 8.62. The summed E-state index contributed by atoms with van der Waals surface area (Å²) in [5, 5.41) is 12.1. The first-order valence-corrected chi connectivity index (χ1v) is 6.93. The van der Waals surface area contributed by atoms with Gasteiger partial charge in [0, 0.05) is 18.0 Å². The van der Waals surface area contributed by atoms with E-state index in [9.17, 15) is 0 Å². The van der Waals surface area contributed by atoms with Crippen molar-refractivity contribution in [2.45, 2.75) is 39.0 Å². The molecular weight excluding hydrogens is 220 g/mol. The normalized spacial score (nSPS) is 10.9. The molecule has 1 rings (SSSR count). The van der Waals surface area contributed by atoms with E-state index in [4.69, 9.17) is 5.11 Å². The third-order valence-corrected chi connectivity index (χ3v) is 3.63. The predicted octanol–water partition coefficient (Wildman–Crippen LogP) is 2.14. The number of nitrogens with one attached hydrogen (secondary N) is 1. The molecule has 0 atom stereocenters. The van der Waals surface area contributed by atoms with Crippen LogP contribution in [0.3, 0.4) is 0 Å². The van der Waals surface area contributed by atoms with E-state index in [1.54, 1.807) is 11.3 Å². The lowest BCUT2D eigenvalue weighted by atomic mass is 10.2. The summed E-state index contributed by atoms with van der Waals surface area (Å²) in [5.41, 5.74) is 3.09. The maximum Gasteiger partial charge on any atom is 0.0797 e. The molecule has 1 heterocycles. The van der Waals surface area contributed by atoms with E-state index < -0.39 is 0 Å². The lowest BCUT2D eigenvalue weighted by molar-refractivity contribution is 0.282. The van der Waals surface area contributed by atoms with Gasteiger partial charge in [0.15, 0.2) is 0 Å². The van der Waals surface area contributed by atoms with Gasteiger partial charge < -0.3 is 10.4 Å². The summed E-state index contributed by atoms with van der Waals surface area (Å²) >= 11 is 1.75. The van der Waals surface area contributed by atoms with Crippen LogP contribution in [0.4, 0.5) is 0 Å². The highest BCUT2D eigenvalue weighted by Crippen LogP contribution is 2.11. The molecule has 0 bridgehead atoms. The number of nitrogens with zero attached hydrogens (tertiary/aromatic N) is 1. The molecule has 0 amide bonds. The molecule has 0 aliphatic heterocycles. The fourth-order valence-corrected chi connectivity index (χ4v) is 2.39. The highest BCUT2D eigenvalue weighted by Gasteiger charge is 1.99. The minimum atomic E-state index is 0.331. The van der Waals surface area contributed by atoms with Gasteiger partial charge in [-0.25, -0.2) is 4.98 Å². The Hall–Kier alpha value is -0.450. The Kier molecular flexibility index (Phi) is 7.38. The van der Waals surface area contributed by atoms with E-state index in [-0.39, 0.29) is 0 Å². The number of hydrogen-bond acceptors (Lipinski definition) is 4. The molecule has 2 N–H and O–H groups in total. The number of aryl methyl sites for hydroxylation is 1. The molecule has 0 saturated carbocycles. The van der Waals surface area contributed by atoms with Crippen LogP contribution in [0.2, 0.25) is 0 Å². The number of aliphatic hydroxyl groups is 1. The van der Waals surface area contributed by atoms with Gasteiger partial charge >= 0.3 is 0 Å². The van der Waals surface area contributed by atoms with Crippen molar-refractivity contribution in [2.24, 2.45) is 0 Å². The first-order valence-electron chi connectivity index (χ1n) is 6.05. The number of rotatable bonds is 9. The summed E-state index contributed by atoms with van der Waals surface area (Å²) < 4.78 is 0. The second-order valence-corrected chi connectivity index (χ2v) is 4.94. The summed E-state index contributed by atoms with van der Waals surface area (Å²) in [6.45, 7) is 4.53. The molecule has 0 unspecified atom stereocenters. The molecule has 0 saturated heterocycles. The highest BCUT2D eigenvalue weighted by atomic mass is 32.1. The topological polar surface area (TPSA) is 45.2 Å². The second-order valence-electron chi connectivity index (χ2n) is 4.00. The molecule has 16 heavy (non-hydrogen) atoms. The molecule has 1 aromatic rings. The molecule has 1 aromatic heterocycles. The zero-order valence-corrected chi connectivity index (χ0v) is 10.9. The van der Waals surface area contributed by atoms with Crippen molar-refractivity contribution in [3.05, 3.63) is 16.1 Å². The summed E-state index contributed by atoms with van der Waals surface area (Å²) in [4.78, 5) is 5.63. The largest absolute Gasteiger partial charge is 0.396 e. The van der Waals surface area contributed by atoms with E-state index in [1.165, 1.54) is 23.4 Å². The van der Waals surface area contributed by atoms with Crippen LogP contribution in [0.25, 0.3) is 0 Å². The van der Waals surface area contributed by atoms with Crippen LogP contribution >= 0.6 is 11.3 Å². The fraction of sp³-hybridized carbons (Fsp3) is 0.750. The van der Waals surface area contributed by atoms with Crippen molar-refractivity contribution in [3.63, 3.8) is 0 Å². The summed E-state index contributed by atoms with van der Waals surface area (Å²) in [6.07, 6.45) is 5.61. The smallest absolute Gasteiger partial charge is 0.0797 e. The van der Waals surface area contributed by atoms with Gasteiger partial charge in [-0.3, -0.25) is 0 Å². The Balaban J connectivity index is 1.91. The van der Waals surface area contributed by atoms with Crippen LogP contribution in [-0.4, -0.2) is 29.8 Å². The fourth-order valence-electron chi connectivity index (χ4n) is 1.61. The first kappa shape index (κ1) is 13.6. The van der Waals surface area contributed by atoms with Crippen molar-refractivity contribution < 1.29 is 5.11 Å². The zero-order valence-electron chi connectivity index (χ0n) is 10.0. The van der Waals surface area contributed by atoms with Gasteiger partial charge in [0.05, 0.1) is 11.2 Å². The van der Waals surface area contributed by atoms with Crippen LogP contribution in [0, 0.1) is 6.92 Å². The van der Waals surface area contributed by atoms with Crippen LogP contribution < -0.4 is 5.32 Å². The lowest BCUT2D eigenvalue weighted by Crippen LogP contribution is -2.18. The van der Waals surface area contributed by atoms with Crippen LogP contribution in [0.15, 0.2) is 5.51 Å². The van der Waals surface area contributed by atoms with Gasteiger partial charge in [-0.1, -0.05) is 12.8 Å². The Bertz CT molecular complexity index is 276. The molecule has 0 fully saturated rings. The lowest BCUT2D eigenvalue weighted by Gasteiger charge is -2.03. The monoisotopic (exact) mass is 242 g/mol. The molecular formula is C12H22N2OS. The standard InChI is InChI=1S/C12H22N2OS/c1-11-12(16-10-14-11)6-8-13-7-4-2-3-5-9-15/h10,13,15H,2-9H2,1H3. The Morgan fingerprint density at radius 1 is 1.25 bits per heavy atom. The van der Waals surface area contributed by atoms with E-state index in [1.807, 2.05) is 5.51 Å². The van der Waals surface area contributed by atoms with Crippen molar-refractivity contribution in [1.82, 2.24) is 10.3 Å². The van der Waals surface area contributed by atoms with Crippen molar-refractivity contribution in [3.8, 4) is 0 Å². The summed E-state index contributed by atoms with van der Waals surface area (Å²) in [5.74, 6) is 0. The van der Waals surface area contributed by atoms with Gasteiger partial charge in [0.2, 0.25) is 0 Å². The van der Waals surface area contributed by atoms with Crippen molar-refractivity contribution in [1.29, 1.82) is 0 Å². The SMILES string of the molecule is Cc1ncsc1CCNCCCCCCO. The predicted molar refractivity (Wildman–Crippen MR) is 69.0 cm³/mol. The third-order valence-electron chi connectivity index (χ3n) is 2.64. The van der Waals surface area contributed by atoms with Crippen LogP contribution in [0.5, 0.6) is 0 Å². The summed E-state index contributed by atoms with van der Waals surface area (Å²) in [7, 11) is 0. The third kappa shape index (κ3) is 5.58. The molecule has 0 radical (unpaired) electrons. The van der Waals surface area contributed by atoms with Gasteiger partial charge in [-0.15, -0.1) is 11.3 Å². The number of unbranched alkanes of at least 4 members (excludes halogenated alkanes) is 3. The number of aromatic nitrogens is 1. The molecule has 0 aromatic carbocycles. The Labute approximate surface area is 102 Å². The quantitative estimate of drug-likeness (QED) is 0.652. The number of thiazole rings is 1. The highest BCUT2D eigenvalue weighted by molar-refractivity contribution is 7.09. The Morgan fingerprint density at radius 3 is 2.75 bits per heavy atom.